The quantitative estimate of drug-likeness (QED) is 0.666. The molecular weight excluding hydrogens is 326 g/mol. The number of hydrogen-bond acceptors (Lipinski definition) is 3. The average Bonchev–Trinajstić information content (AvgIpc) is 3.10. The molecule has 0 fully saturated rings. The summed E-state index contributed by atoms with van der Waals surface area (Å²) >= 11 is 0. The van der Waals surface area contributed by atoms with Crippen molar-refractivity contribution in [2.75, 3.05) is 6.61 Å². The Bertz CT molecular complexity index is 855. The van der Waals surface area contributed by atoms with Crippen LogP contribution < -0.4 is 10.1 Å². The minimum atomic E-state index is -0.219. The molecule has 1 amide bonds. The summed E-state index contributed by atoms with van der Waals surface area (Å²) in [5.41, 5.74) is 2.98. The Morgan fingerprint density at radius 3 is 2.65 bits per heavy atom. The Labute approximate surface area is 153 Å². The fraction of sp³-hybridized carbons (Fsp3) is 0.333. The van der Waals surface area contributed by atoms with Crippen LogP contribution in [0.2, 0.25) is 0 Å². The van der Waals surface area contributed by atoms with E-state index >= 15 is 0 Å². The van der Waals surface area contributed by atoms with Crippen LogP contribution in [0.5, 0.6) is 5.75 Å². The molecule has 0 saturated carbocycles. The van der Waals surface area contributed by atoms with E-state index < -0.39 is 0 Å². The number of fused-ring (bicyclic) bond motifs is 1. The van der Waals surface area contributed by atoms with Gasteiger partial charge in [-0.3, -0.25) is 4.79 Å². The average molecular weight is 351 g/mol. The zero-order valence-corrected chi connectivity index (χ0v) is 15.5. The minimum Gasteiger partial charge on any atom is -0.483 e. The van der Waals surface area contributed by atoms with Crippen LogP contribution in [-0.4, -0.2) is 22.5 Å². The van der Waals surface area contributed by atoms with Gasteiger partial charge >= 0.3 is 0 Å². The van der Waals surface area contributed by atoms with E-state index in [-0.39, 0.29) is 18.6 Å². The van der Waals surface area contributed by atoms with Crippen molar-refractivity contribution in [2.45, 2.75) is 39.2 Å². The fourth-order valence-corrected chi connectivity index (χ4v) is 2.91. The van der Waals surface area contributed by atoms with E-state index in [0.717, 1.165) is 34.6 Å². The molecule has 0 bridgehead atoms. The molecule has 0 saturated heterocycles. The van der Waals surface area contributed by atoms with Crippen molar-refractivity contribution in [1.82, 2.24) is 15.3 Å². The van der Waals surface area contributed by atoms with Crippen molar-refractivity contribution in [3.63, 3.8) is 0 Å². The van der Waals surface area contributed by atoms with E-state index in [9.17, 15) is 4.79 Å². The van der Waals surface area contributed by atoms with Crippen LogP contribution in [0.3, 0.4) is 0 Å². The van der Waals surface area contributed by atoms with Gasteiger partial charge in [-0.2, -0.15) is 0 Å². The minimum absolute atomic E-state index is 0.0159. The van der Waals surface area contributed by atoms with Gasteiger partial charge in [0.1, 0.15) is 11.6 Å². The molecule has 136 valence electrons. The highest BCUT2D eigenvalue weighted by Crippen LogP contribution is 2.28. The number of H-pyrrole nitrogens is 1. The topological polar surface area (TPSA) is 67.0 Å². The third-order valence-corrected chi connectivity index (χ3v) is 4.62. The highest BCUT2D eigenvalue weighted by molar-refractivity contribution is 5.78. The summed E-state index contributed by atoms with van der Waals surface area (Å²) < 4.78 is 5.77. The Morgan fingerprint density at radius 2 is 1.88 bits per heavy atom. The number of aromatic nitrogens is 2. The van der Waals surface area contributed by atoms with Gasteiger partial charge in [-0.25, -0.2) is 4.98 Å². The number of hydrogen-bond donors (Lipinski definition) is 2. The molecule has 3 rings (SSSR count). The summed E-state index contributed by atoms with van der Waals surface area (Å²) in [5, 5.41) is 2.93. The van der Waals surface area contributed by atoms with Gasteiger partial charge in [0.05, 0.1) is 17.1 Å². The number of benzene rings is 2. The van der Waals surface area contributed by atoms with E-state index in [1.54, 1.807) is 0 Å². The molecule has 1 aromatic heterocycles. The molecule has 2 N–H and O–H groups in total. The first-order valence-corrected chi connectivity index (χ1v) is 9.04. The van der Waals surface area contributed by atoms with Crippen LogP contribution in [0.25, 0.3) is 11.0 Å². The maximum Gasteiger partial charge on any atom is 0.258 e. The molecule has 5 heteroatoms. The molecule has 1 heterocycles. The molecular formula is C21H25N3O2. The number of amides is 1. The van der Waals surface area contributed by atoms with Gasteiger partial charge in [0.15, 0.2) is 6.61 Å². The normalized spacial score (nSPS) is 13.3. The van der Waals surface area contributed by atoms with Crippen molar-refractivity contribution in [2.24, 2.45) is 0 Å². The van der Waals surface area contributed by atoms with E-state index in [1.165, 1.54) is 0 Å². The van der Waals surface area contributed by atoms with Crippen molar-refractivity contribution in [3.8, 4) is 5.75 Å². The zero-order valence-electron chi connectivity index (χ0n) is 15.5. The summed E-state index contributed by atoms with van der Waals surface area (Å²) in [6, 6.07) is 15.5. The predicted molar refractivity (Wildman–Crippen MR) is 103 cm³/mol. The fourth-order valence-electron chi connectivity index (χ4n) is 2.91. The second-order valence-electron chi connectivity index (χ2n) is 6.56. The molecule has 0 radical (unpaired) electrons. The number of rotatable bonds is 7. The molecule has 2 atom stereocenters. The lowest BCUT2D eigenvalue weighted by molar-refractivity contribution is -0.123. The molecule has 3 aromatic rings. The third-order valence-electron chi connectivity index (χ3n) is 4.62. The molecule has 0 aliphatic carbocycles. The molecule has 2 unspecified atom stereocenters. The van der Waals surface area contributed by atoms with E-state index in [0.29, 0.717) is 5.92 Å². The monoisotopic (exact) mass is 351 g/mol. The lowest BCUT2D eigenvalue weighted by atomic mass is 9.98. The highest BCUT2D eigenvalue weighted by atomic mass is 16.5. The van der Waals surface area contributed by atoms with Crippen LogP contribution in [0, 0.1) is 0 Å². The zero-order chi connectivity index (χ0) is 18.5. The molecule has 0 spiro atoms. The number of nitrogens with zero attached hydrogens (tertiary/aromatic N) is 1. The summed E-state index contributed by atoms with van der Waals surface area (Å²) in [6.45, 7) is 6.19. The summed E-state index contributed by atoms with van der Waals surface area (Å²) in [7, 11) is 0. The molecule has 26 heavy (non-hydrogen) atoms. The predicted octanol–water partition coefficient (Wildman–Crippen LogP) is 4.33. The van der Waals surface area contributed by atoms with Gasteiger partial charge in [-0.15, -0.1) is 0 Å². The first kappa shape index (κ1) is 18.0. The first-order valence-electron chi connectivity index (χ1n) is 9.04. The van der Waals surface area contributed by atoms with Gasteiger partial charge in [-0.05, 0) is 43.0 Å². The van der Waals surface area contributed by atoms with Crippen LogP contribution in [0.15, 0.2) is 48.5 Å². The SMILES string of the molecule is CCC(C)c1ccccc1OCC(=O)NC(C)c1nc2ccccc2[nH]1. The highest BCUT2D eigenvalue weighted by Gasteiger charge is 2.15. The Balaban J connectivity index is 1.60. The number of carbonyl (C=O) groups excluding carboxylic acids is 1. The summed E-state index contributed by atoms with van der Waals surface area (Å²) in [6.07, 6.45) is 1.02. The van der Waals surface area contributed by atoms with Crippen LogP contribution >= 0.6 is 0 Å². The van der Waals surface area contributed by atoms with Crippen molar-refractivity contribution in [1.29, 1.82) is 0 Å². The van der Waals surface area contributed by atoms with Gasteiger partial charge in [0, 0.05) is 0 Å². The lowest BCUT2D eigenvalue weighted by Crippen LogP contribution is -2.31. The van der Waals surface area contributed by atoms with Gasteiger partial charge in [0.2, 0.25) is 0 Å². The van der Waals surface area contributed by atoms with Gasteiger partial charge < -0.3 is 15.0 Å². The largest absolute Gasteiger partial charge is 0.483 e. The van der Waals surface area contributed by atoms with E-state index in [4.69, 9.17) is 4.74 Å². The standard InChI is InChI=1S/C21H25N3O2/c1-4-14(2)16-9-5-8-12-19(16)26-13-20(25)22-15(3)21-23-17-10-6-7-11-18(17)24-21/h5-12,14-15H,4,13H2,1-3H3,(H,22,25)(H,23,24). The number of imidazole rings is 1. The van der Waals surface area contributed by atoms with E-state index in [2.05, 4.69) is 35.2 Å². The maximum atomic E-state index is 12.3. The molecule has 0 aliphatic heterocycles. The number of ether oxygens (including phenoxy) is 1. The van der Waals surface area contributed by atoms with Crippen LogP contribution in [0.4, 0.5) is 0 Å². The molecule has 5 nitrogen and oxygen atoms in total. The second kappa shape index (κ2) is 8.04. The molecule has 2 aromatic carbocycles. The van der Waals surface area contributed by atoms with E-state index in [1.807, 2.05) is 49.4 Å². The molecule has 0 aliphatic rings. The van der Waals surface area contributed by atoms with Crippen molar-refractivity contribution in [3.05, 3.63) is 59.9 Å². The van der Waals surface area contributed by atoms with Crippen LogP contribution in [-0.2, 0) is 4.79 Å². The van der Waals surface area contributed by atoms with Crippen LogP contribution in [0.1, 0.15) is 50.5 Å². The number of nitrogens with one attached hydrogen (secondary N) is 2. The second-order valence-corrected chi connectivity index (χ2v) is 6.56. The first-order chi connectivity index (χ1) is 12.6. The van der Waals surface area contributed by atoms with Crippen molar-refractivity contribution >= 4 is 16.9 Å². The summed E-state index contributed by atoms with van der Waals surface area (Å²) in [4.78, 5) is 20.0. The third kappa shape index (κ3) is 4.04. The van der Waals surface area contributed by atoms with Gasteiger partial charge in [-0.1, -0.05) is 44.2 Å². The number of para-hydroxylation sites is 3. The lowest BCUT2D eigenvalue weighted by Gasteiger charge is -2.16. The summed E-state index contributed by atoms with van der Waals surface area (Å²) in [5.74, 6) is 1.73. The number of aromatic amines is 1. The Kier molecular flexibility index (Phi) is 5.56. The smallest absolute Gasteiger partial charge is 0.258 e. The number of carbonyl (C=O) groups is 1. The Morgan fingerprint density at radius 1 is 1.15 bits per heavy atom. The maximum absolute atomic E-state index is 12.3. The van der Waals surface area contributed by atoms with Crippen molar-refractivity contribution < 1.29 is 9.53 Å². The Hall–Kier alpha value is -2.82. The van der Waals surface area contributed by atoms with Gasteiger partial charge in [0.25, 0.3) is 5.91 Å².